The molecule has 5 saturated heterocycles. The van der Waals surface area contributed by atoms with Gasteiger partial charge in [0.2, 0.25) is 17.7 Å². The Morgan fingerprint density at radius 1 is 0.345 bits per heavy atom. The lowest BCUT2D eigenvalue weighted by atomic mass is 9.82. The number of nitrogens with zero attached hydrogens (tertiary/aromatic N) is 7. The number of aromatic nitrogens is 1. The largest absolute Gasteiger partial charge is 0.365 e. The summed E-state index contributed by atoms with van der Waals surface area (Å²) in [7, 11) is 3.88. The van der Waals surface area contributed by atoms with E-state index in [0.717, 1.165) is 168 Å². The summed E-state index contributed by atoms with van der Waals surface area (Å²) in [6.45, 7) is 11.2. The zero-order valence-electron chi connectivity index (χ0n) is 64.4. The number of rotatable bonds is 6. The van der Waals surface area contributed by atoms with Crippen LogP contribution in [0.1, 0.15) is 211 Å². The number of piperidine rings is 5. The molecular weight excluding hydrogens is 1380 g/mol. The van der Waals surface area contributed by atoms with Crippen LogP contribution in [-0.2, 0) is 99.1 Å². The first-order valence-corrected chi connectivity index (χ1v) is 41.1. The molecule has 0 bridgehead atoms. The van der Waals surface area contributed by atoms with Crippen molar-refractivity contribution >= 4 is 35.4 Å². The van der Waals surface area contributed by atoms with Crippen molar-refractivity contribution in [1.82, 2.24) is 29.5 Å². The van der Waals surface area contributed by atoms with E-state index in [1.165, 1.54) is 93.8 Å². The highest BCUT2D eigenvalue weighted by molar-refractivity contribution is 5.95. The number of fused-ring (bicyclic) bond motifs is 10. The van der Waals surface area contributed by atoms with Crippen LogP contribution in [0.5, 0.6) is 0 Å². The van der Waals surface area contributed by atoms with Crippen LogP contribution in [0.3, 0.4) is 0 Å². The molecule has 3 saturated carbocycles. The molecule has 3 aliphatic carbocycles. The minimum atomic E-state index is -0.458. The lowest BCUT2D eigenvalue weighted by Crippen LogP contribution is -2.47. The molecule has 7 aromatic rings. The Bertz CT molecular complexity index is 4430. The van der Waals surface area contributed by atoms with Crippen molar-refractivity contribution in [1.29, 1.82) is 0 Å². The molecule has 0 N–H and O–H groups in total. The first-order valence-electron chi connectivity index (χ1n) is 41.1. The number of anilines is 1. The maximum absolute atomic E-state index is 13.8. The summed E-state index contributed by atoms with van der Waals surface area (Å²) in [4.78, 5) is 78.8. The SMILES string of the molecule is CN(C)c1ccc(C(=O)N2CCC3(CC2)OCc2ccccc23)cn1.O=C(C1CC1)N1CCC2(CC1)OCc1ccccc12.O=C(C1CCCC1)N1CCC2(CC1)OCc1ccccc12.O=C(C1CCCCC1)N1CCC2(CC1)OCc1ccccc12.O=C(c1ccccc1F)N1CCC2(CC1)OCc1ccccc12. The van der Waals surface area contributed by atoms with Crippen LogP contribution in [0.25, 0.3) is 0 Å². The summed E-state index contributed by atoms with van der Waals surface area (Å²) in [6, 6.07) is 52.3. The highest BCUT2D eigenvalue weighted by Crippen LogP contribution is 2.50. The lowest BCUT2D eigenvalue weighted by molar-refractivity contribution is -0.144. The third-order valence-electron chi connectivity index (χ3n) is 26.6. The minimum absolute atomic E-state index is 0.0546. The van der Waals surface area contributed by atoms with E-state index in [-0.39, 0.29) is 45.4 Å². The monoisotopic (exact) mass is 1490 g/mol. The minimum Gasteiger partial charge on any atom is -0.365 e. The van der Waals surface area contributed by atoms with Crippen molar-refractivity contribution in [3.05, 3.63) is 237 Å². The number of pyridine rings is 1. The van der Waals surface area contributed by atoms with Crippen LogP contribution < -0.4 is 4.90 Å². The maximum Gasteiger partial charge on any atom is 0.256 e. The van der Waals surface area contributed by atoms with Gasteiger partial charge in [-0.2, -0.15) is 0 Å². The summed E-state index contributed by atoms with van der Waals surface area (Å²) in [6.07, 6.45) is 23.3. The van der Waals surface area contributed by atoms with Gasteiger partial charge in [0.1, 0.15) is 11.6 Å². The van der Waals surface area contributed by atoms with Gasteiger partial charge in [0.15, 0.2) is 0 Å². The van der Waals surface area contributed by atoms with E-state index in [4.69, 9.17) is 23.7 Å². The standard InChI is InChI=1S/C20H23N3O2.C19H18FNO2.C19H25NO2.C18H23NO2.C16H19NO2/c1-22(2)18-8-7-15(13-21-18)19(24)23-11-9-20(10-12-23)17-6-4-3-5-16(17)14-25-20;20-17-8-4-2-6-15(17)18(22)21-11-9-19(10-12-21)16-7-3-1-5-14(16)13-23-19;21-18(15-6-2-1-3-7-15)20-12-10-19(11-13-20)17-9-5-4-8-16(17)14-22-19;20-17(14-5-1-2-6-14)19-11-9-18(10-12-19)16-8-4-3-7-15(16)13-21-18;18-15(12-5-6-12)17-9-7-16(8-10-17)14-4-2-1-3-13(14)11-19-16/h3-8,13H,9-12,14H2,1-2H3;1-8H,9-13H2;4-5,8-9,15H,1-3,6-7,10-14H2;3-4,7-8,14H,1-2,5-6,9-13H2;1-4,12H,5-11H2. The Labute approximate surface area is 648 Å². The number of likely N-dealkylation sites (tertiary alicyclic amines) is 5. The summed E-state index contributed by atoms with van der Waals surface area (Å²) in [5, 5.41) is 0. The Balaban J connectivity index is 0.000000105. The molecule has 13 aliphatic rings. The third kappa shape index (κ3) is 15.5. The Kier molecular flexibility index (Phi) is 22.3. The summed E-state index contributed by atoms with van der Waals surface area (Å²) >= 11 is 0. The number of amides is 5. The number of carbonyl (C=O) groups excluding carboxylic acids is 5. The molecule has 17 nitrogen and oxygen atoms in total. The highest BCUT2D eigenvalue weighted by atomic mass is 19.1. The Hall–Kier alpha value is -8.65. The number of halogens is 1. The van der Waals surface area contributed by atoms with Crippen LogP contribution in [0, 0.1) is 23.6 Å². The van der Waals surface area contributed by atoms with Gasteiger partial charge in [-0.3, -0.25) is 24.0 Å². The molecule has 18 heteroatoms. The summed E-state index contributed by atoms with van der Waals surface area (Å²) in [5.41, 5.74) is 13.1. The number of hydrogen-bond donors (Lipinski definition) is 0. The number of carbonyl (C=O) groups is 5. The fraction of sp³-hybridized carbons (Fsp3) is 0.500. The van der Waals surface area contributed by atoms with Gasteiger partial charge >= 0.3 is 0 Å². The maximum atomic E-state index is 13.8. The third-order valence-corrected chi connectivity index (χ3v) is 26.6. The van der Waals surface area contributed by atoms with E-state index in [1.54, 1.807) is 29.3 Å². The van der Waals surface area contributed by atoms with E-state index in [9.17, 15) is 28.4 Å². The molecule has 110 heavy (non-hydrogen) atoms. The predicted molar refractivity (Wildman–Crippen MR) is 418 cm³/mol. The van der Waals surface area contributed by atoms with Gasteiger partial charge in [-0.15, -0.1) is 0 Å². The smallest absolute Gasteiger partial charge is 0.256 e. The molecule has 5 amide bonds. The van der Waals surface area contributed by atoms with Gasteiger partial charge in [-0.05, 0) is 183 Å². The van der Waals surface area contributed by atoms with Crippen LogP contribution in [0.4, 0.5) is 10.2 Å². The van der Waals surface area contributed by atoms with Crippen molar-refractivity contribution in [2.45, 2.75) is 196 Å². The molecular formula is C92H108FN7O10. The quantitative estimate of drug-likeness (QED) is 0.155. The van der Waals surface area contributed by atoms with E-state index < -0.39 is 5.82 Å². The van der Waals surface area contributed by atoms with Crippen LogP contribution >= 0.6 is 0 Å². The average Bonchev–Trinajstić information content (AvgIpc) is 1.62. The van der Waals surface area contributed by atoms with Crippen molar-refractivity contribution in [2.24, 2.45) is 17.8 Å². The Morgan fingerprint density at radius 2 is 0.627 bits per heavy atom. The zero-order chi connectivity index (χ0) is 75.5. The molecule has 0 radical (unpaired) electrons. The fourth-order valence-electron chi connectivity index (χ4n) is 19.8. The molecule has 0 unspecified atom stereocenters. The van der Waals surface area contributed by atoms with Gasteiger partial charge < -0.3 is 53.1 Å². The number of hydrogen-bond acceptors (Lipinski definition) is 12. The predicted octanol–water partition coefficient (Wildman–Crippen LogP) is 15.6. The van der Waals surface area contributed by atoms with E-state index in [1.807, 2.05) is 53.1 Å². The second-order valence-electron chi connectivity index (χ2n) is 33.1. The van der Waals surface area contributed by atoms with Crippen molar-refractivity contribution in [3.63, 3.8) is 0 Å². The molecule has 20 rings (SSSR count). The molecule has 0 atom stereocenters. The van der Waals surface area contributed by atoms with E-state index >= 15 is 0 Å². The average molecular weight is 1490 g/mol. The fourth-order valence-corrected chi connectivity index (χ4v) is 19.8. The molecule has 10 aliphatic heterocycles. The Morgan fingerprint density at radius 3 is 0.927 bits per heavy atom. The first kappa shape index (κ1) is 75.4. The first-order chi connectivity index (χ1) is 53.6. The lowest BCUT2D eigenvalue weighted by Gasteiger charge is -2.40. The van der Waals surface area contributed by atoms with E-state index in [2.05, 4.69) is 124 Å². The molecule has 1 aromatic heterocycles. The highest BCUT2D eigenvalue weighted by Gasteiger charge is 2.49. The van der Waals surface area contributed by atoms with Gasteiger partial charge in [-0.1, -0.05) is 166 Å². The van der Waals surface area contributed by atoms with Gasteiger partial charge in [0.25, 0.3) is 11.8 Å². The van der Waals surface area contributed by atoms with Crippen LogP contribution in [0.15, 0.2) is 164 Å². The summed E-state index contributed by atoms with van der Waals surface area (Å²) < 4.78 is 44.6. The summed E-state index contributed by atoms with van der Waals surface area (Å²) in [5.74, 6) is 2.32. The molecule has 6 aromatic carbocycles. The molecule has 5 spiro atoms. The van der Waals surface area contributed by atoms with Gasteiger partial charge in [0.05, 0.1) is 72.2 Å². The van der Waals surface area contributed by atoms with Crippen molar-refractivity contribution in [2.75, 3.05) is 84.4 Å². The second kappa shape index (κ2) is 32.6. The topological polar surface area (TPSA) is 164 Å². The van der Waals surface area contributed by atoms with Gasteiger partial charge in [0, 0.05) is 103 Å². The second-order valence-corrected chi connectivity index (χ2v) is 33.1. The van der Waals surface area contributed by atoms with Crippen LogP contribution in [-0.4, -0.2) is 139 Å². The molecule has 8 fully saturated rings. The number of ether oxygens (including phenoxy) is 5. The zero-order valence-corrected chi connectivity index (χ0v) is 64.4. The van der Waals surface area contributed by atoms with Crippen LogP contribution in [0.2, 0.25) is 0 Å². The normalized spacial score (nSPS) is 21.9. The van der Waals surface area contributed by atoms with Gasteiger partial charge in [-0.25, -0.2) is 9.37 Å². The van der Waals surface area contributed by atoms with E-state index in [0.29, 0.717) is 80.4 Å². The molecule has 578 valence electrons. The molecule has 11 heterocycles. The van der Waals surface area contributed by atoms with Crippen molar-refractivity contribution in [3.8, 4) is 0 Å². The number of benzene rings is 6. The van der Waals surface area contributed by atoms with Crippen molar-refractivity contribution < 1.29 is 52.0 Å².